The van der Waals surface area contributed by atoms with Crippen LogP contribution >= 0.6 is 11.6 Å². The van der Waals surface area contributed by atoms with Crippen molar-refractivity contribution in [1.82, 2.24) is 10.1 Å². The van der Waals surface area contributed by atoms with Gasteiger partial charge in [-0.2, -0.15) is 4.98 Å². The van der Waals surface area contributed by atoms with Crippen LogP contribution in [0.3, 0.4) is 0 Å². The Balaban J connectivity index is 1.80. The van der Waals surface area contributed by atoms with E-state index in [0.29, 0.717) is 16.7 Å². The minimum atomic E-state index is 0.432. The molecule has 21 heavy (non-hydrogen) atoms. The van der Waals surface area contributed by atoms with E-state index in [-0.39, 0.29) is 0 Å². The van der Waals surface area contributed by atoms with Gasteiger partial charge in [0.25, 0.3) is 5.89 Å². The summed E-state index contributed by atoms with van der Waals surface area (Å²) in [5.74, 6) is 0.941. The molecule has 0 bridgehead atoms. The molecule has 0 atom stereocenters. The minimum absolute atomic E-state index is 0.432. The van der Waals surface area contributed by atoms with Crippen LogP contribution in [0.2, 0.25) is 5.02 Å². The quantitative estimate of drug-likeness (QED) is 0.738. The summed E-state index contributed by atoms with van der Waals surface area (Å²) in [5, 5.41) is 4.57. The maximum absolute atomic E-state index is 5.95. The maximum atomic E-state index is 5.95. The normalized spacial score (nSPS) is 11.1. The number of benzene rings is 2. The Bertz CT molecular complexity index is 778. The number of aromatic nitrogens is 2. The smallest absolute Gasteiger partial charge is 0.250 e. The number of nitrogens with zero attached hydrogens (tertiary/aromatic N) is 2. The second-order valence-electron chi connectivity index (χ2n) is 4.47. The zero-order chi connectivity index (χ0) is 14.7. The third-order valence-corrected chi connectivity index (χ3v) is 3.11. The number of rotatable bonds is 3. The van der Waals surface area contributed by atoms with Crippen LogP contribution in [-0.4, -0.2) is 10.1 Å². The molecule has 104 valence electrons. The number of nitrogens with two attached hydrogens (primary N) is 1. The van der Waals surface area contributed by atoms with Crippen molar-refractivity contribution < 1.29 is 4.52 Å². The maximum Gasteiger partial charge on any atom is 0.250 e. The zero-order valence-electron chi connectivity index (χ0n) is 11.0. The molecule has 0 saturated heterocycles. The molecular weight excluding hydrogens is 286 g/mol. The van der Waals surface area contributed by atoms with Gasteiger partial charge in [0.05, 0.1) is 0 Å². The van der Waals surface area contributed by atoms with E-state index in [0.717, 1.165) is 16.8 Å². The van der Waals surface area contributed by atoms with Crippen LogP contribution in [0.15, 0.2) is 53.1 Å². The van der Waals surface area contributed by atoms with Crippen LogP contribution in [0.25, 0.3) is 23.5 Å². The second-order valence-corrected chi connectivity index (χ2v) is 4.90. The van der Waals surface area contributed by atoms with E-state index in [2.05, 4.69) is 10.1 Å². The van der Waals surface area contributed by atoms with Crippen LogP contribution in [-0.2, 0) is 0 Å². The lowest BCUT2D eigenvalue weighted by molar-refractivity contribution is 0.411. The average molecular weight is 298 g/mol. The van der Waals surface area contributed by atoms with Gasteiger partial charge >= 0.3 is 0 Å². The highest BCUT2D eigenvalue weighted by atomic mass is 35.5. The van der Waals surface area contributed by atoms with Gasteiger partial charge in [0, 0.05) is 22.3 Å². The molecule has 5 heteroatoms. The summed E-state index contributed by atoms with van der Waals surface area (Å²) in [7, 11) is 0. The van der Waals surface area contributed by atoms with Crippen molar-refractivity contribution in [2.75, 3.05) is 5.73 Å². The Labute approximate surface area is 126 Å². The van der Waals surface area contributed by atoms with Crippen molar-refractivity contribution in [3.05, 3.63) is 65.0 Å². The van der Waals surface area contributed by atoms with Gasteiger partial charge in [-0.05, 0) is 35.9 Å². The Morgan fingerprint density at radius 1 is 1.05 bits per heavy atom. The van der Waals surface area contributed by atoms with E-state index < -0.39 is 0 Å². The first kappa shape index (κ1) is 13.4. The summed E-state index contributed by atoms with van der Waals surface area (Å²) < 4.78 is 5.19. The SMILES string of the molecule is Nc1ccc(/C=C/c2nc(-c3cccc(Cl)c3)no2)cc1. The van der Waals surface area contributed by atoms with Gasteiger partial charge in [-0.1, -0.05) is 41.0 Å². The van der Waals surface area contributed by atoms with Crippen LogP contribution in [0.4, 0.5) is 5.69 Å². The number of halogens is 1. The van der Waals surface area contributed by atoms with Crippen molar-refractivity contribution in [2.45, 2.75) is 0 Å². The van der Waals surface area contributed by atoms with Crippen molar-refractivity contribution >= 4 is 29.4 Å². The number of anilines is 1. The van der Waals surface area contributed by atoms with Crippen molar-refractivity contribution in [3.8, 4) is 11.4 Å². The van der Waals surface area contributed by atoms with Crippen LogP contribution < -0.4 is 5.73 Å². The molecule has 0 radical (unpaired) electrons. The Morgan fingerprint density at radius 2 is 1.86 bits per heavy atom. The summed E-state index contributed by atoms with van der Waals surface area (Å²) in [5.41, 5.74) is 8.19. The Kier molecular flexibility index (Phi) is 3.71. The lowest BCUT2D eigenvalue weighted by atomic mass is 10.2. The first-order valence-corrected chi connectivity index (χ1v) is 6.72. The molecule has 0 fully saturated rings. The molecule has 0 spiro atoms. The van der Waals surface area contributed by atoms with E-state index in [1.807, 2.05) is 42.5 Å². The molecule has 2 aromatic carbocycles. The largest absolute Gasteiger partial charge is 0.399 e. The lowest BCUT2D eigenvalue weighted by Crippen LogP contribution is -1.82. The van der Waals surface area contributed by atoms with Crippen LogP contribution in [0, 0.1) is 0 Å². The molecule has 0 aliphatic carbocycles. The highest BCUT2D eigenvalue weighted by Crippen LogP contribution is 2.20. The zero-order valence-corrected chi connectivity index (χ0v) is 11.8. The van der Waals surface area contributed by atoms with Gasteiger partial charge in [-0.3, -0.25) is 0 Å². The van der Waals surface area contributed by atoms with E-state index in [9.17, 15) is 0 Å². The summed E-state index contributed by atoms with van der Waals surface area (Å²) in [6, 6.07) is 14.8. The molecule has 3 aromatic rings. The molecule has 1 heterocycles. The third-order valence-electron chi connectivity index (χ3n) is 2.88. The van der Waals surface area contributed by atoms with Gasteiger partial charge in [0.1, 0.15) is 0 Å². The van der Waals surface area contributed by atoms with Gasteiger partial charge < -0.3 is 10.3 Å². The molecule has 2 N–H and O–H groups in total. The highest BCUT2D eigenvalue weighted by molar-refractivity contribution is 6.30. The van der Waals surface area contributed by atoms with Crippen LogP contribution in [0.1, 0.15) is 11.5 Å². The molecule has 0 unspecified atom stereocenters. The predicted molar refractivity (Wildman–Crippen MR) is 84.5 cm³/mol. The number of nitrogen functional groups attached to an aromatic ring is 1. The predicted octanol–water partition coefficient (Wildman–Crippen LogP) is 4.14. The van der Waals surface area contributed by atoms with E-state index in [1.165, 1.54) is 0 Å². The topological polar surface area (TPSA) is 64.9 Å². The van der Waals surface area contributed by atoms with Gasteiger partial charge in [0.2, 0.25) is 5.82 Å². The number of hydrogen-bond acceptors (Lipinski definition) is 4. The van der Waals surface area contributed by atoms with E-state index in [1.54, 1.807) is 18.2 Å². The summed E-state index contributed by atoms with van der Waals surface area (Å²) in [4.78, 5) is 4.31. The van der Waals surface area contributed by atoms with Crippen molar-refractivity contribution in [2.24, 2.45) is 0 Å². The lowest BCUT2D eigenvalue weighted by Gasteiger charge is -1.94. The monoisotopic (exact) mass is 297 g/mol. The standard InChI is InChI=1S/C16H12ClN3O/c17-13-3-1-2-12(10-13)16-19-15(21-20-16)9-6-11-4-7-14(18)8-5-11/h1-10H,18H2/b9-6+. The molecule has 3 rings (SSSR count). The minimum Gasteiger partial charge on any atom is -0.399 e. The van der Waals surface area contributed by atoms with E-state index in [4.69, 9.17) is 21.9 Å². The molecular formula is C16H12ClN3O. The second kappa shape index (κ2) is 5.81. The van der Waals surface area contributed by atoms with E-state index >= 15 is 0 Å². The first-order valence-electron chi connectivity index (χ1n) is 6.34. The fourth-order valence-corrected chi connectivity index (χ4v) is 2.01. The highest BCUT2D eigenvalue weighted by Gasteiger charge is 2.06. The molecule has 0 aliphatic heterocycles. The van der Waals surface area contributed by atoms with Crippen LogP contribution in [0.5, 0.6) is 0 Å². The fourth-order valence-electron chi connectivity index (χ4n) is 1.82. The van der Waals surface area contributed by atoms with Gasteiger partial charge in [0.15, 0.2) is 0 Å². The Hall–Kier alpha value is -2.59. The fraction of sp³-hybridized carbons (Fsp3) is 0. The summed E-state index contributed by atoms with van der Waals surface area (Å²) in [6.07, 6.45) is 3.64. The van der Waals surface area contributed by atoms with Crippen molar-refractivity contribution in [3.63, 3.8) is 0 Å². The Morgan fingerprint density at radius 3 is 2.62 bits per heavy atom. The summed E-state index contributed by atoms with van der Waals surface area (Å²) >= 11 is 5.95. The molecule has 1 aromatic heterocycles. The van der Waals surface area contributed by atoms with Crippen molar-refractivity contribution in [1.29, 1.82) is 0 Å². The van der Waals surface area contributed by atoms with Gasteiger partial charge in [-0.25, -0.2) is 0 Å². The molecule has 0 saturated carbocycles. The molecule has 4 nitrogen and oxygen atoms in total. The van der Waals surface area contributed by atoms with Gasteiger partial charge in [-0.15, -0.1) is 0 Å². The molecule has 0 aliphatic rings. The average Bonchev–Trinajstić information content (AvgIpc) is 2.96. The summed E-state index contributed by atoms with van der Waals surface area (Å²) in [6.45, 7) is 0. The first-order chi connectivity index (χ1) is 10.2. The number of hydrogen-bond donors (Lipinski definition) is 1. The third kappa shape index (κ3) is 3.30. The molecule has 0 amide bonds.